The van der Waals surface area contributed by atoms with Crippen molar-refractivity contribution in [3.8, 4) is 5.75 Å². The van der Waals surface area contributed by atoms with Crippen molar-refractivity contribution < 1.29 is 9.84 Å². The number of benzene rings is 1. The molecule has 2 aromatic rings. The van der Waals surface area contributed by atoms with Gasteiger partial charge in [0, 0.05) is 9.75 Å². The number of aliphatic hydroxyl groups excluding tert-OH is 1. The molecule has 1 aromatic heterocycles. The van der Waals surface area contributed by atoms with Crippen molar-refractivity contribution in [2.24, 2.45) is 0 Å². The first-order valence-electron chi connectivity index (χ1n) is 5.92. The summed E-state index contributed by atoms with van der Waals surface area (Å²) >= 11 is 1.63. The molecule has 18 heavy (non-hydrogen) atoms. The van der Waals surface area contributed by atoms with Gasteiger partial charge in [-0.3, -0.25) is 0 Å². The number of methoxy groups -OCH3 is 1. The van der Waals surface area contributed by atoms with Gasteiger partial charge in [-0.25, -0.2) is 0 Å². The second kappa shape index (κ2) is 5.12. The Morgan fingerprint density at radius 1 is 1.11 bits per heavy atom. The van der Waals surface area contributed by atoms with Crippen LogP contribution >= 0.6 is 11.3 Å². The summed E-state index contributed by atoms with van der Waals surface area (Å²) in [5, 5.41) is 10.4. The van der Waals surface area contributed by atoms with Gasteiger partial charge >= 0.3 is 0 Å². The molecule has 0 spiro atoms. The fourth-order valence-electron chi connectivity index (χ4n) is 2.23. The van der Waals surface area contributed by atoms with Crippen molar-refractivity contribution in [3.05, 3.63) is 50.7 Å². The lowest BCUT2D eigenvalue weighted by Crippen LogP contribution is -2.00. The van der Waals surface area contributed by atoms with Crippen LogP contribution in [-0.4, -0.2) is 12.2 Å². The molecule has 0 fully saturated rings. The molecule has 3 heteroatoms. The molecule has 0 unspecified atom stereocenters. The first kappa shape index (κ1) is 13.1. The van der Waals surface area contributed by atoms with Gasteiger partial charge in [-0.2, -0.15) is 0 Å². The lowest BCUT2D eigenvalue weighted by atomic mass is 10.0. The minimum absolute atomic E-state index is 0.549. The number of hydrogen-bond acceptors (Lipinski definition) is 3. The van der Waals surface area contributed by atoms with E-state index in [9.17, 15) is 5.11 Å². The lowest BCUT2D eigenvalue weighted by molar-refractivity contribution is 0.224. The van der Waals surface area contributed by atoms with Crippen molar-refractivity contribution in [3.63, 3.8) is 0 Å². The van der Waals surface area contributed by atoms with Crippen LogP contribution in [0.4, 0.5) is 0 Å². The third kappa shape index (κ3) is 2.42. The third-order valence-electron chi connectivity index (χ3n) is 3.03. The van der Waals surface area contributed by atoms with Crippen LogP contribution in [0.15, 0.2) is 24.3 Å². The number of thiophene rings is 1. The quantitative estimate of drug-likeness (QED) is 0.912. The van der Waals surface area contributed by atoms with Gasteiger partial charge in [0.1, 0.15) is 11.9 Å². The van der Waals surface area contributed by atoms with Crippen LogP contribution in [0.2, 0.25) is 0 Å². The predicted octanol–water partition coefficient (Wildman–Crippen LogP) is 3.76. The highest BCUT2D eigenvalue weighted by Gasteiger charge is 2.15. The number of ether oxygens (including phenoxy) is 1. The van der Waals surface area contributed by atoms with E-state index in [-0.39, 0.29) is 0 Å². The van der Waals surface area contributed by atoms with Crippen molar-refractivity contribution in [1.82, 2.24) is 0 Å². The summed E-state index contributed by atoms with van der Waals surface area (Å²) < 4.78 is 5.34. The first-order chi connectivity index (χ1) is 8.52. The number of rotatable bonds is 3. The maximum Gasteiger partial charge on any atom is 0.124 e. The van der Waals surface area contributed by atoms with Crippen molar-refractivity contribution in [2.45, 2.75) is 26.9 Å². The second-order valence-corrected chi connectivity index (χ2v) is 5.86. The number of aryl methyl sites for hydroxylation is 3. The summed E-state index contributed by atoms with van der Waals surface area (Å²) in [6, 6.07) is 8.00. The van der Waals surface area contributed by atoms with Gasteiger partial charge in [-0.05, 0) is 61.7 Å². The Balaban J connectivity index is 2.40. The van der Waals surface area contributed by atoms with Crippen LogP contribution in [0.25, 0.3) is 0 Å². The van der Waals surface area contributed by atoms with E-state index >= 15 is 0 Å². The molecule has 0 aliphatic carbocycles. The summed E-state index contributed by atoms with van der Waals surface area (Å²) in [6.45, 7) is 6.05. The van der Waals surface area contributed by atoms with E-state index in [4.69, 9.17) is 4.74 Å². The maximum absolute atomic E-state index is 10.4. The third-order valence-corrected chi connectivity index (χ3v) is 4.09. The summed E-state index contributed by atoms with van der Waals surface area (Å²) in [5.74, 6) is 0.897. The van der Waals surface area contributed by atoms with E-state index in [0.29, 0.717) is 0 Å². The Labute approximate surface area is 112 Å². The molecule has 2 rings (SSSR count). The normalized spacial score (nSPS) is 12.5. The van der Waals surface area contributed by atoms with E-state index in [0.717, 1.165) is 27.3 Å². The van der Waals surface area contributed by atoms with E-state index in [2.05, 4.69) is 0 Å². The number of aliphatic hydroxyl groups is 1. The Hall–Kier alpha value is -1.32. The average Bonchev–Trinajstić information content (AvgIpc) is 2.74. The molecule has 0 radical (unpaired) electrons. The molecule has 0 amide bonds. The minimum atomic E-state index is -0.549. The molecule has 1 aromatic carbocycles. The van der Waals surface area contributed by atoms with Gasteiger partial charge < -0.3 is 9.84 Å². The van der Waals surface area contributed by atoms with E-state index in [1.165, 1.54) is 4.88 Å². The zero-order valence-electron chi connectivity index (χ0n) is 11.2. The van der Waals surface area contributed by atoms with Crippen LogP contribution in [0.1, 0.15) is 32.5 Å². The molecular formula is C15H18O2S. The highest BCUT2D eigenvalue weighted by atomic mass is 32.1. The highest BCUT2D eigenvalue weighted by Crippen LogP contribution is 2.32. The van der Waals surface area contributed by atoms with Crippen LogP contribution in [0.3, 0.4) is 0 Å². The first-order valence-corrected chi connectivity index (χ1v) is 6.74. The summed E-state index contributed by atoms with van der Waals surface area (Å²) in [4.78, 5) is 2.20. The smallest absolute Gasteiger partial charge is 0.124 e. The number of hydrogen-bond donors (Lipinski definition) is 1. The molecule has 96 valence electrons. The minimum Gasteiger partial charge on any atom is -0.496 e. The van der Waals surface area contributed by atoms with Crippen molar-refractivity contribution >= 4 is 11.3 Å². The molecule has 2 nitrogen and oxygen atoms in total. The highest BCUT2D eigenvalue weighted by molar-refractivity contribution is 7.12. The molecule has 0 aliphatic heterocycles. The SMILES string of the molecule is COc1c(C)cc([C@H](O)c2ccc(C)s2)cc1C. The second-order valence-electron chi connectivity index (χ2n) is 4.54. The van der Waals surface area contributed by atoms with Crippen LogP contribution in [0, 0.1) is 20.8 Å². The molecule has 0 aliphatic rings. The van der Waals surface area contributed by atoms with E-state index < -0.39 is 6.10 Å². The molecular weight excluding hydrogens is 244 g/mol. The molecule has 0 saturated carbocycles. The molecule has 0 bridgehead atoms. The average molecular weight is 262 g/mol. The fraction of sp³-hybridized carbons (Fsp3) is 0.333. The standard InChI is InChI=1S/C15H18O2S/c1-9-7-12(8-10(2)15(9)17-4)14(16)13-6-5-11(3)18-13/h5-8,14,16H,1-4H3/t14-/m0/s1. The van der Waals surface area contributed by atoms with Crippen molar-refractivity contribution in [2.75, 3.05) is 7.11 Å². The summed E-state index contributed by atoms with van der Waals surface area (Å²) in [7, 11) is 1.67. The van der Waals surface area contributed by atoms with Gasteiger partial charge in [0.05, 0.1) is 7.11 Å². The lowest BCUT2D eigenvalue weighted by Gasteiger charge is -2.14. The predicted molar refractivity (Wildman–Crippen MR) is 75.6 cm³/mol. The Kier molecular flexibility index (Phi) is 3.73. The molecule has 1 heterocycles. The van der Waals surface area contributed by atoms with Crippen LogP contribution in [-0.2, 0) is 0 Å². The molecule has 0 saturated heterocycles. The monoisotopic (exact) mass is 262 g/mol. The van der Waals surface area contributed by atoms with Gasteiger partial charge in [-0.15, -0.1) is 11.3 Å². The maximum atomic E-state index is 10.4. The largest absolute Gasteiger partial charge is 0.496 e. The van der Waals surface area contributed by atoms with E-state index in [1.54, 1.807) is 18.4 Å². The molecule has 1 N–H and O–H groups in total. The van der Waals surface area contributed by atoms with Gasteiger partial charge in [-0.1, -0.05) is 0 Å². The van der Waals surface area contributed by atoms with Crippen molar-refractivity contribution in [1.29, 1.82) is 0 Å². The summed E-state index contributed by atoms with van der Waals surface area (Å²) in [6.07, 6.45) is -0.549. The zero-order chi connectivity index (χ0) is 13.3. The topological polar surface area (TPSA) is 29.5 Å². The van der Waals surface area contributed by atoms with Crippen LogP contribution < -0.4 is 4.74 Å². The Bertz CT molecular complexity index is 534. The fourth-order valence-corrected chi connectivity index (χ4v) is 3.12. The van der Waals surface area contributed by atoms with Gasteiger partial charge in [0.25, 0.3) is 0 Å². The van der Waals surface area contributed by atoms with E-state index in [1.807, 2.05) is 45.0 Å². The van der Waals surface area contributed by atoms with Gasteiger partial charge in [0.2, 0.25) is 0 Å². The zero-order valence-corrected chi connectivity index (χ0v) is 12.0. The molecule has 1 atom stereocenters. The summed E-state index contributed by atoms with van der Waals surface area (Å²) in [5.41, 5.74) is 3.03. The Morgan fingerprint density at radius 3 is 2.17 bits per heavy atom. The Morgan fingerprint density at radius 2 is 1.72 bits per heavy atom. The van der Waals surface area contributed by atoms with Gasteiger partial charge in [0.15, 0.2) is 0 Å². The van der Waals surface area contributed by atoms with Crippen LogP contribution in [0.5, 0.6) is 5.75 Å².